The monoisotopic (exact) mass is 554 g/mol. The second kappa shape index (κ2) is 8.31. The number of fused-ring (bicyclic) bond motifs is 5. The summed E-state index contributed by atoms with van der Waals surface area (Å²) < 4.78 is 5.12. The minimum Gasteiger partial charge on any atom is -0.454 e. The van der Waals surface area contributed by atoms with Gasteiger partial charge in [0, 0.05) is 15.3 Å². The third kappa shape index (κ3) is 3.73. The molecule has 1 aromatic carbocycles. The van der Waals surface area contributed by atoms with E-state index in [4.69, 9.17) is 4.74 Å². The lowest BCUT2D eigenvalue weighted by Gasteiger charge is -2.28. The van der Waals surface area contributed by atoms with Crippen molar-refractivity contribution in [3.63, 3.8) is 0 Å². The molecule has 4 rings (SSSR count). The number of carbonyl (C=O) groups excluding carboxylic acids is 4. The summed E-state index contributed by atoms with van der Waals surface area (Å²) in [6.45, 7) is 4.89. The highest BCUT2D eigenvalue weighted by Gasteiger charge is 2.67. The molecule has 2 saturated carbocycles. The van der Waals surface area contributed by atoms with Gasteiger partial charge in [-0.2, -0.15) is 0 Å². The molecule has 1 saturated heterocycles. The summed E-state index contributed by atoms with van der Waals surface area (Å²) in [6.07, 6.45) is 0.823. The van der Waals surface area contributed by atoms with E-state index in [9.17, 15) is 19.2 Å². The molecule has 3 amide bonds. The van der Waals surface area contributed by atoms with Gasteiger partial charge in [0.05, 0.1) is 11.8 Å². The molecule has 1 aromatic rings. The van der Waals surface area contributed by atoms with Crippen LogP contribution in [-0.4, -0.2) is 50.9 Å². The average Bonchev–Trinajstić information content (AvgIpc) is 3.33. The fraction of sp³-hybridized carbons (Fsp3) is 0.545. The van der Waals surface area contributed by atoms with Crippen LogP contribution < -0.4 is 5.32 Å². The van der Waals surface area contributed by atoms with E-state index in [0.717, 1.165) is 22.4 Å². The number of carbonyl (C=O) groups is 4. The maximum atomic E-state index is 13.0. The molecule has 7 nitrogen and oxygen atoms in total. The van der Waals surface area contributed by atoms with E-state index in [-0.39, 0.29) is 45.1 Å². The van der Waals surface area contributed by atoms with Crippen molar-refractivity contribution in [1.29, 1.82) is 0 Å². The van der Waals surface area contributed by atoms with Crippen molar-refractivity contribution in [3.05, 3.63) is 29.3 Å². The Morgan fingerprint density at radius 1 is 1.10 bits per heavy atom. The number of rotatable bonds is 5. The van der Waals surface area contributed by atoms with E-state index >= 15 is 0 Å². The van der Waals surface area contributed by atoms with E-state index in [1.54, 1.807) is 6.07 Å². The summed E-state index contributed by atoms with van der Waals surface area (Å²) in [7, 11) is 0. The number of amides is 3. The minimum absolute atomic E-state index is 0.0767. The maximum absolute atomic E-state index is 13.0. The Morgan fingerprint density at radius 2 is 1.68 bits per heavy atom. The lowest BCUT2D eigenvalue weighted by Crippen LogP contribution is -2.45. The lowest BCUT2D eigenvalue weighted by atomic mass is 9.81. The van der Waals surface area contributed by atoms with Gasteiger partial charge in [-0.05, 0) is 62.3 Å². The van der Waals surface area contributed by atoms with E-state index < -0.39 is 24.5 Å². The number of ether oxygens (including phenoxy) is 1. The Labute approximate surface area is 197 Å². The van der Waals surface area contributed by atoms with Crippen LogP contribution in [0.15, 0.2) is 18.2 Å². The summed E-state index contributed by atoms with van der Waals surface area (Å²) in [4.78, 5) is 52.0. The first kappa shape index (κ1) is 22.5. The number of alkyl halides is 2. The molecule has 2 bridgehead atoms. The first-order chi connectivity index (χ1) is 14.6. The van der Waals surface area contributed by atoms with Crippen LogP contribution in [0.4, 0.5) is 5.69 Å². The van der Waals surface area contributed by atoms with Crippen molar-refractivity contribution in [2.45, 2.75) is 42.9 Å². The third-order valence-electron chi connectivity index (χ3n) is 6.89. The molecule has 0 unspecified atom stereocenters. The van der Waals surface area contributed by atoms with Crippen LogP contribution in [0.3, 0.4) is 0 Å². The third-order valence-corrected chi connectivity index (χ3v) is 10.1. The highest BCUT2D eigenvalue weighted by atomic mass is 79.9. The maximum Gasteiger partial charge on any atom is 0.329 e. The SMILES string of the molecule is Cc1ccc(NC(=O)COC(=O)[C@H](C)N2C(=O)[C@@H]3[C@H]4C[C@@H]([C@@H](Br)[C@H]4Br)[C@H]3C2=O)cc1C. The molecule has 31 heavy (non-hydrogen) atoms. The zero-order valence-electron chi connectivity index (χ0n) is 17.4. The second-order valence-corrected chi connectivity index (χ2v) is 10.8. The Balaban J connectivity index is 1.36. The predicted molar refractivity (Wildman–Crippen MR) is 121 cm³/mol. The van der Waals surface area contributed by atoms with Crippen LogP contribution in [0.25, 0.3) is 0 Å². The number of halogens is 2. The van der Waals surface area contributed by atoms with Gasteiger partial charge in [0.2, 0.25) is 11.8 Å². The van der Waals surface area contributed by atoms with Gasteiger partial charge in [-0.25, -0.2) is 4.79 Å². The van der Waals surface area contributed by atoms with Gasteiger partial charge in [-0.3, -0.25) is 19.3 Å². The van der Waals surface area contributed by atoms with Crippen LogP contribution in [0.2, 0.25) is 0 Å². The number of aryl methyl sites for hydroxylation is 2. The van der Waals surface area contributed by atoms with Crippen molar-refractivity contribution in [2.75, 3.05) is 11.9 Å². The first-order valence-electron chi connectivity index (χ1n) is 10.3. The van der Waals surface area contributed by atoms with Gasteiger partial charge in [-0.15, -0.1) is 0 Å². The molecule has 9 heteroatoms. The van der Waals surface area contributed by atoms with Gasteiger partial charge >= 0.3 is 5.97 Å². The van der Waals surface area contributed by atoms with Gasteiger partial charge in [0.15, 0.2) is 6.61 Å². The Hall–Kier alpha value is -1.74. The topological polar surface area (TPSA) is 92.8 Å². The normalized spacial score (nSPS) is 32.2. The number of nitrogens with zero attached hydrogens (tertiary/aromatic N) is 1. The quantitative estimate of drug-likeness (QED) is 0.342. The van der Waals surface area contributed by atoms with E-state index in [2.05, 4.69) is 37.2 Å². The smallest absolute Gasteiger partial charge is 0.329 e. The highest BCUT2D eigenvalue weighted by Crippen LogP contribution is 2.60. The average molecular weight is 556 g/mol. The summed E-state index contributed by atoms with van der Waals surface area (Å²) in [5.41, 5.74) is 2.75. The Bertz CT molecular complexity index is 935. The van der Waals surface area contributed by atoms with Crippen molar-refractivity contribution in [3.8, 4) is 0 Å². The van der Waals surface area contributed by atoms with Crippen LogP contribution in [0.1, 0.15) is 24.5 Å². The molecule has 0 spiro atoms. The molecule has 2 aliphatic carbocycles. The molecule has 0 aromatic heterocycles. The summed E-state index contributed by atoms with van der Waals surface area (Å²) in [6, 6.07) is 4.43. The molecule has 166 valence electrons. The largest absolute Gasteiger partial charge is 0.454 e. The standard InChI is InChI=1S/C22H24Br2N2O5/c1-9-4-5-12(6-10(9)2)25-15(27)8-31-22(30)11(3)26-20(28)16-13-7-14(17(16)21(26)29)19(24)18(13)23/h4-6,11,13-14,16-19H,7-8H2,1-3H3,(H,25,27)/t11-,13+,14+,16+,17+,18-,19+/m0/s1. The van der Waals surface area contributed by atoms with Crippen LogP contribution >= 0.6 is 31.9 Å². The first-order valence-corrected chi connectivity index (χ1v) is 12.1. The Morgan fingerprint density at radius 3 is 2.23 bits per heavy atom. The molecular weight excluding hydrogens is 532 g/mol. The van der Waals surface area contributed by atoms with Crippen molar-refractivity contribution in [2.24, 2.45) is 23.7 Å². The number of esters is 1. The second-order valence-electron chi connectivity index (χ2n) is 8.68. The number of likely N-dealkylation sites (tertiary alicyclic amines) is 1. The highest BCUT2D eigenvalue weighted by molar-refractivity contribution is 9.12. The molecule has 1 heterocycles. The van der Waals surface area contributed by atoms with E-state index in [0.29, 0.717) is 5.69 Å². The van der Waals surface area contributed by atoms with Crippen molar-refractivity contribution in [1.82, 2.24) is 4.90 Å². The van der Waals surface area contributed by atoms with E-state index in [1.807, 2.05) is 26.0 Å². The predicted octanol–water partition coefficient (Wildman–Crippen LogP) is 2.95. The summed E-state index contributed by atoms with van der Waals surface area (Å²) in [5, 5.41) is 2.68. The summed E-state index contributed by atoms with van der Waals surface area (Å²) in [5.74, 6) is -2.50. The number of hydrogen-bond acceptors (Lipinski definition) is 5. The summed E-state index contributed by atoms with van der Waals surface area (Å²) >= 11 is 7.28. The fourth-order valence-electron chi connectivity index (χ4n) is 5.13. The molecule has 1 N–H and O–H groups in total. The number of imide groups is 1. The number of nitrogens with one attached hydrogen (secondary N) is 1. The molecule has 7 atom stereocenters. The zero-order valence-corrected chi connectivity index (χ0v) is 20.6. The zero-order chi connectivity index (χ0) is 22.6. The van der Waals surface area contributed by atoms with Crippen LogP contribution in [0, 0.1) is 37.5 Å². The van der Waals surface area contributed by atoms with E-state index in [1.165, 1.54) is 6.92 Å². The fourth-order valence-corrected chi connectivity index (χ4v) is 7.01. The number of anilines is 1. The lowest BCUT2D eigenvalue weighted by molar-refractivity contribution is -0.159. The number of hydrogen-bond donors (Lipinski definition) is 1. The Kier molecular flexibility index (Phi) is 6.02. The van der Waals surface area contributed by atoms with Crippen molar-refractivity contribution >= 4 is 61.2 Å². The molecule has 3 fully saturated rings. The van der Waals surface area contributed by atoms with Gasteiger partial charge in [0.25, 0.3) is 5.91 Å². The number of benzene rings is 1. The molecule has 1 aliphatic heterocycles. The molecular formula is C22H24Br2N2O5. The van der Waals surface area contributed by atoms with Gasteiger partial charge in [-0.1, -0.05) is 37.9 Å². The van der Waals surface area contributed by atoms with Crippen LogP contribution in [-0.2, 0) is 23.9 Å². The van der Waals surface area contributed by atoms with Gasteiger partial charge < -0.3 is 10.1 Å². The minimum atomic E-state index is -1.07. The van der Waals surface area contributed by atoms with Gasteiger partial charge in [0.1, 0.15) is 6.04 Å². The van der Waals surface area contributed by atoms with Crippen molar-refractivity contribution < 1.29 is 23.9 Å². The molecule has 3 aliphatic rings. The van der Waals surface area contributed by atoms with Crippen LogP contribution in [0.5, 0.6) is 0 Å². The molecule has 0 radical (unpaired) electrons.